The highest BCUT2D eigenvalue weighted by atomic mass is 16.3. The van der Waals surface area contributed by atoms with E-state index in [2.05, 4.69) is 6.07 Å². The predicted octanol–water partition coefficient (Wildman–Crippen LogP) is 2.00. The Morgan fingerprint density at radius 1 is 1.58 bits per heavy atom. The zero-order valence-corrected chi connectivity index (χ0v) is 7.47. The number of hydrogen-bond acceptors (Lipinski definition) is 2. The van der Waals surface area contributed by atoms with Crippen molar-refractivity contribution in [3.05, 3.63) is 23.2 Å². The zero-order valence-electron chi connectivity index (χ0n) is 7.47. The van der Waals surface area contributed by atoms with Crippen LogP contribution in [-0.2, 0) is 13.0 Å². The summed E-state index contributed by atoms with van der Waals surface area (Å²) in [5.74, 6) is 3.00. The minimum absolute atomic E-state index is 0.597. The third-order valence-electron chi connectivity index (χ3n) is 2.48. The molecular weight excluding hydrogens is 150 g/mol. The van der Waals surface area contributed by atoms with Crippen LogP contribution in [0.15, 0.2) is 10.5 Å². The average molecular weight is 165 g/mol. The fraction of sp³-hybridized carbons (Fsp3) is 0.600. The summed E-state index contributed by atoms with van der Waals surface area (Å²) >= 11 is 0. The van der Waals surface area contributed by atoms with Gasteiger partial charge in [0.2, 0.25) is 0 Å². The molecule has 0 radical (unpaired) electrons. The molecule has 2 heteroatoms. The van der Waals surface area contributed by atoms with Gasteiger partial charge in [-0.3, -0.25) is 0 Å². The molecule has 2 rings (SSSR count). The molecule has 0 bridgehead atoms. The van der Waals surface area contributed by atoms with Gasteiger partial charge in [-0.2, -0.15) is 0 Å². The van der Waals surface area contributed by atoms with Crippen LogP contribution in [0.25, 0.3) is 0 Å². The second-order valence-electron chi connectivity index (χ2n) is 3.65. The van der Waals surface area contributed by atoms with E-state index in [9.17, 15) is 0 Å². The Labute approximate surface area is 72.7 Å². The highest BCUT2D eigenvalue weighted by Gasteiger charge is 2.23. The van der Waals surface area contributed by atoms with E-state index >= 15 is 0 Å². The topological polar surface area (TPSA) is 39.2 Å². The molecule has 66 valence electrons. The second kappa shape index (κ2) is 2.94. The van der Waals surface area contributed by atoms with E-state index in [4.69, 9.17) is 10.2 Å². The van der Waals surface area contributed by atoms with Crippen molar-refractivity contribution in [2.75, 3.05) is 0 Å². The molecule has 1 aliphatic rings. The number of rotatable bonds is 3. The van der Waals surface area contributed by atoms with Crippen LogP contribution in [0.3, 0.4) is 0 Å². The lowest BCUT2D eigenvalue weighted by Crippen LogP contribution is -1.95. The molecule has 2 N–H and O–H groups in total. The van der Waals surface area contributed by atoms with Crippen molar-refractivity contribution >= 4 is 0 Å². The SMILES string of the molecule is Cc1oc(CC2CC2)cc1CN. The van der Waals surface area contributed by atoms with Gasteiger partial charge >= 0.3 is 0 Å². The summed E-state index contributed by atoms with van der Waals surface area (Å²) in [5, 5.41) is 0. The average Bonchev–Trinajstić information content (AvgIpc) is 2.76. The third-order valence-corrected chi connectivity index (χ3v) is 2.48. The Morgan fingerprint density at radius 3 is 2.83 bits per heavy atom. The van der Waals surface area contributed by atoms with E-state index in [1.165, 1.54) is 12.8 Å². The van der Waals surface area contributed by atoms with Crippen molar-refractivity contribution in [3.63, 3.8) is 0 Å². The highest BCUT2D eigenvalue weighted by molar-refractivity contribution is 5.21. The van der Waals surface area contributed by atoms with E-state index < -0.39 is 0 Å². The van der Waals surface area contributed by atoms with Gasteiger partial charge in [-0.1, -0.05) is 0 Å². The van der Waals surface area contributed by atoms with Crippen molar-refractivity contribution in [3.8, 4) is 0 Å². The van der Waals surface area contributed by atoms with E-state index in [1.807, 2.05) is 6.92 Å². The monoisotopic (exact) mass is 165 g/mol. The largest absolute Gasteiger partial charge is 0.466 e. The number of nitrogens with two attached hydrogens (primary N) is 1. The van der Waals surface area contributed by atoms with Gasteiger partial charge in [-0.25, -0.2) is 0 Å². The molecule has 1 saturated carbocycles. The van der Waals surface area contributed by atoms with E-state index in [0.717, 1.165) is 29.4 Å². The van der Waals surface area contributed by atoms with Crippen LogP contribution in [0.1, 0.15) is 29.9 Å². The summed E-state index contributed by atoms with van der Waals surface area (Å²) in [5.41, 5.74) is 6.71. The molecule has 12 heavy (non-hydrogen) atoms. The van der Waals surface area contributed by atoms with Crippen LogP contribution in [0, 0.1) is 12.8 Å². The molecule has 0 aliphatic heterocycles. The summed E-state index contributed by atoms with van der Waals surface area (Å²) in [6, 6.07) is 2.10. The first-order valence-corrected chi connectivity index (χ1v) is 4.58. The van der Waals surface area contributed by atoms with Gasteiger partial charge in [-0.05, 0) is 31.7 Å². The Hall–Kier alpha value is -0.760. The maximum absolute atomic E-state index is 5.58. The fourth-order valence-electron chi connectivity index (χ4n) is 1.50. The van der Waals surface area contributed by atoms with Crippen LogP contribution >= 0.6 is 0 Å². The predicted molar refractivity (Wildman–Crippen MR) is 47.8 cm³/mol. The standard InChI is InChI=1S/C10H15NO/c1-7-9(6-11)5-10(12-7)4-8-2-3-8/h5,8H,2-4,6,11H2,1H3. The zero-order chi connectivity index (χ0) is 8.55. The summed E-state index contributed by atoms with van der Waals surface area (Å²) in [4.78, 5) is 0. The van der Waals surface area contributed by atoms with Gasteiger partial charge in [0.1, 0.15) is 11.5 Å². The molecule has 0 aromatic carbocycles. The molecule has 2 nitrogen and oxygen atoms in total. The Morgan fingerprint density at radius 2 is 2.33 bits per heavy atom. The normalized spacial score (nSPS) is 16.8. The van der Waals surface area contributed by atoms with Crippen molar-refractivity contribution in [1.82, 2.24) is 0 Å². The van der Waals surface area contributed by atoms with Crippen LogP contribution < -0.4 is 5.73 Å². The first kappa shape index (κ1) is 7.87. The summed E-state index contributed by atoms with van der Waals surface area (Å²) < 4.78 is 5.58. The van der Waals surface area contributed by atoms with E-state index in [-0.39, 0.29) is 0 Å². The Bertz CT molecular complexity index is 273. The molecule has 0 saturated heterocycles. The molecule has 1 aromatic heterocycles. The summed E-state index contributed by atoms with van der Waals surface area (Å²) in [7, 11) is 0. The van der Waals surface area contributed by atoms with Crippen LogP contribution in [0.4, 0.5) is 0 Å². The van der Waals surface area contributed by atoms with Crippen molar-refractivity contribution in [2.45, 2.75) is 32.7 Å². The fourth-order valence-corrected chi connectivity index (χ4v) is 1.50. The Kier molecular flexibility index (Phi) is 1.93. The molecule has 0 atom stereocenters. The van der Waals surface area contributed by atoms with Gasteiger partial charge in [0.05, 0.1) is 0 Å². The molecule has 0 spiro atoms. The van der Waals surface area contributed by atoms with Crippen LogP contribution in [0.5, 0.6) is 0 Å². The lowest BCUT2D eigenvalue weighted by atomic mass is 10.2. The van der Waals surface area contributed by atoms with Gasteiger partial charge < -0.3 is 10.2 Å². The first-order valence-electron chi connectivity index (χ1n) is 4.58. The van der Waals surface area contributed by atoms with Crippen LogP contribution in [-0.4, -0.2) is 0 Å². The minimum atomic E-state index is 0.597. The number of hydrogen-bond donors (Lipinski definition) is 1. The molecule has 1 fully saturated rings. The molecule has 0 amide bonds. The Balaban J connectivity index is 2.10. The van der Waals surface area contributed by atoms with Gasteiger partial charge in [0.25, 0.3) is 0 Å². The van der Waals surface area contributed by atoms with E-state index in [1.54, 1.807) is 0 Å². The molecule has 1 heterocycles. The van der Waals surface area contributed by atoms with Gasteiger partial charge in [-0.15, -0.1) is 0 Å². The van der Waals surface area contributed by atoms with Crippen molar-refractivity contribution < 1.29 is 4.42 Å². The molecule has 0 unspecified atom stereocenters. The third kappa shape index (κ3) is 1.53. The van der Waals surface area contributed by atoms with Gasteiger partial charge in [0, 0.05) is 18.5 Å². The van der Waals surface area contributed by atoms with Gasteiger partial charge in [0.15, 0.2) is 0 Å². The summed E-state index contributed by atoms with van der Waals surface area (Å²) in [6.45, 7) is 2.58. The first-order chi connectivity index (χ1) is 5.79. The second-order valence-corrected chi connectivity index (χ2v) is 3.65. The van der Waals surface area contributed by atoms with Crippen molar-refractivity contribution in [2.24, 2.45) is 11.7 Å². The van der Waals surface area contributed by atoms with E-state index in [0.29, 0.717) is 6.54 Å². The molecular formula is C10H15NO. The lowest BCUT2D eigenvalue weighted by Gasteiger charge is -1.90. The number of aryl methyl sites for hydroxylation is 1. The van der Waals surface area contributed by atoms with Crippen LogP contribution in [0.2, 0.25) is 0 Å². The minimum Gasteiger partial charge on any atom is -0.466 e. The highest BCUT2D eigenvalue weighted by Crippen LogP contribution is 2.33. The summed E-state index contributed by atoms with van der Waals surface area (Å²) in [6.07, 6.45) is 3.86. The maximum Gasteiger partial charge on any atom is 0.105 e. The lowest BCUT2D eigenvalue weighted by molar-refractivity contribution is 0.471. The maximum atomic E-state index is 5.58. The number of furan rings is 1. The van der Waals surface area contributed by atoms with Crippen molar-refractivity contribution in [1.29, 1.82) is 0 Å². The molecule has 1 aromatic rings. The smallest absolute Gasteiger partial charge is 0.105 e. The molecule has 1 aliphatic carbocycles. The quantitative estimate of drug-likeness (QED) is 0.744.